The van der Waals surface area contributed by atoms with Crippen molar-refractivity contribution in [2.45, 2.75) is 64.5 Å². The molecule has 3 rings (SSSR count). The first-order valence-electron chi connectivity index (χ1n) is 11.2. The van der Waals surface area contributed by atoms with Crippen LogP contribution in [0.1, 0.15) is 52.0 Å². The lowest BCUT2D eigenvalue weighted by Gasteiger charge is -2.40. The largest absolute Gasteiger partial charge is 0.495 e. The summed E-state index contributed by atoms with van der Waals surface area (Å²) in [6, 6.07) is 7.84. The third-order valence-corrected chi connectivity index (χ3v) is 5.88. The van der Waals surface area contributed by atoms with Crippen molar-refractivity contribution in [1.29, 1.82) is 0 Å². The molecule has 1 saturated heterocycles. The lowest BCUT2D eigenvalue weighted by molar-refractivity contribution is -0.149. The second kappa shape index (κ2) is 10.2. The Hall–Kier alpha value is -2.83. The van der Waals surface area contributed by atoms with Gasteiger partial charge in [-0.1, -0.05) is 12.1 Å². The minimum Gasteiger partial charge on any atom is -0.495 e. The van der Waals surface area contributed by atoms with Gasteiger partial charge in [0.25, 0.3) is 0 Å². The second-order valence-corrected chi connectivity index (χ2v) is 9.26. The van der Waals surface area contributed by atoms with Gasteiger partial charge in [0.1, 0.15) is 11.4 Å². The van der Waals surface area contributed by atoms with Crippen LogP contribution in [0.3, 0.4) is 0 Å². The van der Waals surface area contributed by atoms with Gasteiger partial charge < -0.3 is 19.1 Å². The Morgan fingerprint density at radius 2 is 2.00 bits per heavy atom. The second-order valence-electron chi connectivity index (χ2n) is 9.26. The molecule has 7 heteroatoms. The van der Waals surface area contributed by atoms with Gasteiger partial charge in [0, 0.05) is 18.0 Å². The van der Waals surface area contributed by atoms with Crippen molar-refractivity contribution >= 4 is 23.0 Å². The summed E-state index contributed by atoms with van der Waals surface area (Å²) in [7, 11) is 3.04. The fourth-order valence-electron chi connectivity index (χ4n) is 4.41. The standard InChI is InChI=1S/C25H34N2O5/c1-25(2,3)32-24(29)27-14-8-11-19(23(28)31-5)22(27)13-7-10-17-9-6-12-21-20(17)15-18(30-4)16-26-21/h6,9,12,15-16,19,22H,7-8,10-11,13-14H2,1-5H3. The summed E-state index contributed by atoms with van der Waals surface area (Å²) in [5.41, 5.74) is 1.50. The van der Waals surface area contributed by atoms with E-state index < -0.39 is 5.60 Å². The smallest absolute Gasteiger partial charge is 0.410 e. The van der Waals surface area contributed by atoms with Gasteiger partial charge in [-0.05, 0) is 70.6 Å². The quantitative estimate of drug-likeness (QED) is 0.601. The first-order valence-corrected chi connectivity index (χ1v) is 11.2. The average Bonchev–Trinajstić information content (AvgIpc) is 2.77. The highest BCUT2D eigenvalue weighted by atomic mass is 16.6. The van der Waals surface area contributed by atoms with Crippen molar-refractivity contribution in [3.8, 4) is 5.75 Å². The van der Waals surface area contributed by atoms with Crippen LogP contribution in [0.5, 0.6) is 5.75 Å². The van der Waals surface area contributed by atoms with Crippen LogP contribution in [-0.4, -0.2) is 54.4 Å². The number of piperidine rings is 1. The molecule has 0 N–H and O–H groups in total. The Kier molecular flexibility index (Phi) is 7.59. The number of aryl methyl sites for hydroxylation is 1. The minimum atomic E-state index is -0.588. The summed E-state index contributed by atoms with van der Waals surface area (Å²) in [6.45, 7) is 6.14. The molecule has 1 aromatic carbocycles. The van der Waals surface area contributed by atoms with E-state index >= 15 is 0 Å². The molecule has 1 aliphatic rings. The molecule has 2 atom stereocenters. The number of pyridine rings is 1. The van der Waals surface area contributed by atoms with E-state index in [2.05, 4.69) is 11.1 Å². The molecule has 0 saturated carbocycles. The van der Waals surface area contributed by atoms with Crippen LogP contribution in [-0.2, 0) is 20.7 Å². The number of hydrogen-bond acceptors (Lipinski definition) is 6. The van der Waals surface area contributed by atoms with E-state index in [1.807, 2.05) is 39.0 Å². The Morgan fingerprint density at radius 3 is 2.69 bits per heavy atom. The molecule has 2 unspecified atom stereocenters. The fourth-order valence-corrected chi connectivity index (χ4v) is 4.41. The maximum Gasteiger partial charge on any atom is 0.410 e. The van der Waals surface area contributed by atoms with E-state index in [-0.39, 0.29) is 24.0 Å². The Labute approximate surface area is 190 Å². The number of esters is 1. The van der Waals surface area contributed by atoms with Gasteiger partial charge >= 0.3 is 12.1 Å². The maximum atomic E-state index is 12.9. The zero-order valence-corrected chi connectivity index (χ0v) is 19.7. The topological polar surface area (TPSA) is 78.0 Å². The Morgan fingerprint density at radius 1 is 1.22 bits per heavy atom. The summed E-state index contributed by atoms with van der Waals surface area (Å²) >= 11 is 0. The maximum absolute atomic E-state index is 12.9. The van der Waals surface area contributed by atoms with Gasteiger partial charge in [0.05, 0.1) is 31.9 Å². The first kappa shape index (κ1) is 23.8. The number of carbonyl (C=O) groups is 2. The molecule has 0 radical (unpaired) electrons. The normalized spacial score (nSPS) is 19.0. The van der Waals surface area contributed by atoms with E-state index in [4.69, 9.17) is 14.2 Å². The molecule has 0 aliphatic carbocycles. The van der Waals surface area contributed by atoms with Crippen molar-refractivity contribution in [3.63, 3.8) is 0 Å². The van der Waals surface area contributed by atoms with E-state index in [0.29, 0.717) is 19.4 Å². The van der Waals surface area contributed by atoms with Crippen molar-refractivity contribution in [2.75, 3.05) is 20.8 Å². The van der Waals surface area contributed by atoms with Crippen molar-refractivity contribution < 1.29 is 23.8 Å². The van der Waals surface area contributed by atoms with Gasteiger partial charge in [0.15, 0.2) is 0 Å². The molecule has 1 aromatic heterocycles. The lowest BCUT2D eigenvalue weighted by Crippen LogP contribution is -2.52. The number of aromatic nitrogens is 1. The molecular weight excluding hydrogens is 408 g/mol. The first-order chi connectivity index (χ1) is 15.2. The summed E-state index contributed by atoms with van der Waals surface area (Å²) in [4.78, 5) is 31.6. The molecule has 7 nitrogen and oxygen atoms in total. The van der Waals surface area contributed by atoms with Gasteiger partial charge in [-0.2, -0.15) is 0 Å². The highest BCUT2D eigenvalue weighted by Gasteiger charge is 2.40. The molecule has 2 heterocycles. The third kappa shape index (κ3) is 5.69. The number of fused-ring (bicyclic) bond motifs is 1. The van der Waals surface area contributed by atoms with Gasteiger partial charge in [-0.25, -0.2) is 4.79 Å². The fraction of sp³-hybridized carbons (Fsp3) is 0.560. The van der Waals surface area contributed by atoms with E-state index in [9.17, 15) is 9.59 Å². The number of rotatable bonds is 6. The molecule has 0 bridgehead atoms. The van der Waals surface area contributed by atoms with Gasteiger partial charge in [-0.15, -0.1) is 0 Å². The van der Waals surface area contributed by atoms with Crippen molar-refractivity contribution in [2.24, 2.45) is 5.92 Å². The lowest BCUT2D eigenvalue weighted by atomic mass is 9.85. The third-order valence-electron chi connectivity index (χ3n) is 5.88. The van der Waals surface area contributed by atoms with Crippen LogP contribution in [0.4, 0.5) is 4.79 Å². The van der Waals surface area contributed by atoms with Crippen molar-refractivity contribution in [3.05, 3.63) is 36.0 Å². The van der Waals surface area contributed by atoms with Crippen LogP contribution in [0.2, 0.25) is 0 Å². The zero-order chi connectivity index (χ0) is 23.3. The molecule has 32 heavy (non-hydrogen) atoms. The molecule has 1 amide bonds. The van der Waals surface area contributed by atoms with Crippen LogP contribution < -0.4 is 4.74 Å². The number of amides is 1. The summed E-state index contributed by atoms with van der Waals surface area (Å²) in [5.74, 6) is 0.122. The molecule has 174 valence electrons. The van der Waals surface area contributed by atoms with Crippen LogP contribution in [0, 0.1) is 5.92 Å². The number of hydrogen-bond donors (Lipinski definition) is 0. The number of carbonyl (C=O) groups excluding carboxylic acids is 2. The number of nitrogens with zero attached hydrogens (tertiary/aromatic N) is 2. The number of ether oxygens (including phenoxy) is 3. The predicted octanol–water partition coefficient (Wildman–Crippen LogP) is 4.75. The van der Waals surface area contributed by atoms with Crippen LogP contribution in [0.25, 0.3) is 10.9 Å². The summed E-state index contributed by atoms with van der Waals surface area (Å²) < 4.78 is 16.0. The number of benzene rings is 1. The molecule has 0 spiro atoms. The van der Waals surface area contributed by atoms with E-state index in [0.717, 1.165) is 35.9 Å². The Balaban J connectivity index is 1.77. The molecule has 1 fully saturated rings. The molecule has 1 aliphatic heterocycles. The summed E-state index contributed by atoms with van der Waals surface area (Å²) in [5, 5.41) is 1.06. The van der Waals surface area contributed by atoms with Crippen molar-refractivity contribution in [1.82, 2.24) is 9.88 Å². The Bertz CT molecular complexity index is 953. The highest BCUT2D eigenvalue weighted by molar-refractivity contribution is 5.83. The zero-order valence-electron chi connectivity index (χ0n) is 19.7. The number of likely N-dealkylation sites (tertiary alicyclic amines) is 1. The molecular formula is C25H34N2O5. The monoisotopic (exact) mass is 442 g/mol. The van der Waals surface area contributed by atoms with Gasteiger partial charge in [0.2, 0.25) is 0 Å². The SMILES string of the molecule is COC(=O)C1CCCN(C(=O)OC(C)(C)C)C1CCCc1cccc2ncc(OC)cc12. The van der Waals surface area contributed by atoms with Crippen LogP contribution in [0.15, 0.2) is 30.5 Å². The highest BCUT2D eigenvalue weighted by Crippen LogP contribution is 2.31. The average molecular weight is 443 g/mol. The van der Waals surface area contributed by atoms with Crippen LogP contribution >= 0.6 is 0 Å². The molecule has 2 aromatic rings. The van der Waals surface area contributed by atoms with Gasteiger partial charge in [-0.3, -0.25) is 9.78 Å². The van der Waals surface area contributed by atoms with E-state index in [1.165, 1.54) is 12.7 Å². The summed E-state index contributed by atoms with van der Waals surface area (Å²) in [6.07, 6.45) is 5.12. The predicted molar refractivity (Wildman–Crippen MR) is 123 cm³/mol. The van der Waals surface area contributed by atoms with E-state index in [1.54, 1.807) is 18.2 Å². The minimum absolute atomic E-state index is 0.242. The number of methoxy groups -OCH3 is 2.